The maximum Gasteiger partial charge on any atom is 0.147 e. The fraction of sp³-hybridized carbons (Fsp3) is 0.188. The van der Waals surface area contributed by atoms with Gasteiger partial charge >= 0.3 is 0 Å². The normalized spacial score (nSPS) is 11.0. The number of halogens is 1. The Morgan fingerprint density at radius 2 is 1.95 bits per heavy atom. The van der Waals surface area contributed by atoms with E-state index in [0.29, 0.717) is 18.2 Å². The van der Waals surface area contributed by atoms with Crippen molar-refractivity contribution in [2.24, 2.45) is 12.8 Å². The zero-order chi connectivity index (χ0) is 14.8. The molecule has 0 aliphatic rings. The molecule has 0 unspecified atom stereocenters. The van der Waals surface area contributed by atoms with Crippen molar-refractivity contribution < 1.29 is 4.74 Å². The highest BCUT2D eigenvalue weighted by atomic mass is 35.5. The monoisotopic (exact) mass is 301 g/mol. The Kier molecular flexibility index (Phi) is 3.82. The molecule has 4 nitrogen and oxygen atoms in total. The van der Waals surface area contributed by atoms with E-state index in [1.165, 1.54) is 0 Å². The lowest BCUT2D eigenvalue weighted by molar-refractivity contribution is 0.292. The maximum atomic E-state index is 5.85. The minimum absolute atomic E-state index is 0.408. The average Bonchev–Trinajstić information content (AvgIpc) is 2.82. The number of imidazole rings is 1. The predicted octanol–water partition coefficient (Wildman–Crippen LogP) is 3.26. The fourth-order valence-corrected chi connectivity index (χ4v) is 2.35. The quantitative estimate of drug-likeness (QED) is 0.804. The van der Waals surface area contributed by atoms with E-state index >= 15 is 0 Å². The van der Waals surface area contributed by atoms with Gasteiger partial charge in [-0.15, -0.1) is 0 Å². The van der Waals surface area contributed by atoms with Gasteiger partial charge in [0.05, 0.1) is 11.0 Å². The Morgan fingerprint density at radius 1 is 1.19 bits per heavy atom. The summed E-state index contributed by atoms with van der Waals surface area (Å²) in [7, 11) is 1.98. The van der Waals surface area contributed by atoms with Crippen LogP contribution in [-0.4, -0.2) is 9.55 Å². The summed E-state index contributed by atoms with van der Waals surface area (Å²) in [4.78, 5) is 4.59. The minimum atomic E-state index is 0.408. The van der Waals surface area contributed by atoms with Crippen LogP contribution >= 0.6 is 11.6 Å². The molecule has 0 radical (unpaired) electrons. The molecule has 108 valence electrons. The van der Waals surface area contributed by atoms with Crippen LogP contribution in [0.5, 0.6) is 5.75 Å². The molecule has 3 aromatic rings. The van der Waals surface area contributed by atoms with Crippen LogP contribution in [0.1, 0.15) is 11.4 Å². The molecule has 2 aromatic carbocycles. The molecular weight excluding hydrogens is 286 g/mol. The van der Waals surface area contributed by atoms with Gasteiger partial charge in [-0.25, -0.2) is 4.98 Å². The smallest absolute Gasteiger partial charge is 0.147 e. The number of aryl methyl sites for hydroxylation is 1. The number of ether oxygens (including phenoxy) is 1. The van der Waals surface area contributed by atoms with E-state index in [1.807, 2.05) is 35.9 Å². The van der Waals surface area contributed by atoms with Crippen molar-refractivity contribution in [1.29, 1.82) is 0 Å². The van der Waals surface area contributed by atoms with Gasteiger partial charge < -0.3 is 15.0 Å². The first kappa shape index (κ1) is 13.9. The Bertz CT molecular complexity index is 765. The Morgan fingerprint density at radius 3 is 2.67 bits per heavy atom. The summed E-state index contributed by atoms with van der Waals surface area (Å²) in [5.74, 6) is 1.64. The van der Waals surface area contributed by atoms with Crippen LogP contribution < -0.4 is 10.5 Å². The summed E-state index contributed by atoms with van der Waals surface area (Å²) in [6, 6.07) is 13.4. The molecule has 1 heterocycles. The van der Waals surface area contributed by atoms with E-state index in [9.17, 15) is 0 Å². The number of hydrogen-bond acceptors (Lipinski definition) is 3. The van der Waals surface area contributed by atoms with Crippen molar-refractivity contribution in [2.45, 2.75) is 13.2 Å². The van der Waals surface area contributed by atoms with Gasteiger partial charge in [0.1, 0.15) is 18.2 Å². The van der Waals surface area contributed by atoms with Crippen LogP contribution in [0.2, 0.25) is 5.02 Å². The second-order valence-electron chi connectivity index (χ2n) is 4.86. The number of aromatic nitrogens is 2. The van der Waals surface area contributed by atoms with E-state index in [-0.39, 0.29) is 0 Å². The summed E-state index contributed by atoms with van der Waals surface area (Å²) < 4.78 is 7.78. The molecule has 0 spiro atoms. The lowest BCUT2D eigenvalue weighted by Gasteiger charge is -2.06. The van der Waals surface area contributed by atoms with Gasteiger partial charge in [-0.2, -0.15) is 0 Å². The zero-order valence-electron chi connectivity index (χ0n) is 11.7. The molecule has 0 aliphatic heterocycles. The Hall–Kier alpha value is -2.04. The lowest BCUT2D eigenvalue weighted by Crippen LogP contribution is -2.03. The van der Waals surface area contributed by atoms with Crippen molar-refractivity contribution in [3.63, 3.8) is 0 Å². The molecule has 0 amide bonds. The van der Waals surface area contributed by atoms with Gasteiger partial charge in [-0.1, -0.05) is 17.7 Å². The van der Waals surface area contributed by atoms with Crippen molar-refractivity contribution in [3.8, 4) is 5.75 Å². The van der Waals surface area contributed by atoms with E-state index < -0.39 is 0 Å². The molecule has 5 heteroatoms. The highest BCUT2D eigenvalue weighted by Gasteiger charge is 2.09. The topological polar surface area (TPSA) is 53.1 Å². The third-order valence-electron chi connectivity index (χ3n) is 3.46. The van der Waals surface area contributed by atoms with Gasteiger partial charge in [0.15, 0.2) is 0 Å². The Balaban J connectivity index is 1.83. The average molecular weight is 302 g/mol. The van der Waals surface area contributed by atoms with Crippen molar-refractivity contribution >= 4 is 22.6 Å². The second kappa shape index (κ2) is 5.76. The molecule has 21 heavy (non-hydrogen) atoms. The first-order valence-electron chi connectivity index (χ1n) is 6.70. The van der Waals surface area contributed by atoms with E-state index in [4.69, 9.17) is 22.1 Å². The van der Waals surface area contributed by atoms with Crippen LogP contribution in [0.15, 0.2) is 42.5 Å². The van der Waals surface area contributed by atoms with Gasteiger partial charge in [-0.05, 0) is 42.0 Å². The molecule has 0 bridgehead atoms. The first-order valence-corrected chi connectivity index (χ1v) is 7.08. The van der Waals surface area contributed by atoms with Crippen LogP contribution in [0.4, 0.5) is 0 Å². The standard InChI is InChI=1S/C16H16ClN3O/c1-20-15-8-11(9-18)2-7-14(15)19-16(20)10-21-13-5-3-12(17)4-6-13/h2-8H,9-10,18H2,1H3. The van der Waals surface area contributed by atoms with Gasteiger partial charge in [0.25, 0.3) is 0 Å². The summed E-state index contributed by atoms with van der Waals surface area (Å²) >= 11 is 5.85. The molecule has 0 saturated heterocycles. The van der Waals surface area contributed by atoms with E-state index in [1.54, 1.807) is 12.1 Å². The molecule has 0 saturated carbocycles. The molecule has 0 fully saturated rings. The van der Waals surface area contributed by atoms with Crippen molar-refractivity contribution in [1.82, 2.24) is 9.55 Å². The second-order valence-corrected chi connectivity index (χ2v) is 5.29. The molecule has 0 aliphatic carbocycles. The maximum absolute atomic E-state index is 5.85. The van der Waals surface area contributed by atoms with E-state index in [0.717, 1.165) is 28.2 Å². The molecule has 1 aromatic heterocycles. The van der Waals surface area contributed by atoms with E-state index in [2.05, 4.69) is 11.1 Å². The largest absolute Gasteiger partial charge is 0.486 e. The van der Waals surface area contributed by atoms with Crippen LogP contribution in [0.25, 0.3) is 11.0 Å². The number of hydrogen-bond donors (Lipinski definition) is 1. The highest BCUT2D eigenvalue weighted by molar-refractivity contribution is 6.30. The molecule has 0 atom stereocenters. The number of nitrogens with two attached hydrogens (primary N) is 1. The molecule has 3 rings (SSSR count). The number of rotatable bonds is 4. The van der Waals surface area contributed by atoms with Gasteiger partial charge in [0.2, 0.25) is 0 Å². The van der Waals surface area contributed by atoms with Crippen molar-refractivity contribution in [2.75, 3.05) is 0 Å². The zero-order valence-corrected chi connectivity index (χ0v) is 12.5. The minimum Gasteiger partial charge on any atom is -0.486 e. The SMILES string of the molecule is Cn1c(COc2ccc(Cl)cc2)nc2ccc(CN)cc21. The summed E-state index contributed by atoms with van der Waals surface area (Å²) in [5.41, 5.74) is 8.78. The lowest BCUT2D eigenvalue weighted by atomic mass is 10.2. The molecule has 2 N–H and O–H groups in total. The molecular formula is C16H16ClN3O. The fourth-order valence-electron chi connectivity index (χ4n) is 2.22. The number of nitrogens with zero attached hydrogens (tertiary/aromatic N) is 2. The van der Waals surface area contributed by atoms with Gasteiger partial charge in [-0.3, -0.25) is 0 Å². The summed E-state index contributed by atoms with van der Waals surface area (Å²) in [6.07, 6.45) is 0. The first-order chi connectivity index (χ1) is 10.2. The third-order valence-corrected chi connectivity index (χ3v) is 3.71. The summed E-state index contributed by atoms with van der Waals surface area (Å²) in [6.45, 7) is 0.933. The third kappa shape index (κ3) is 2.86. The summed E-state index contributed by atoms with van der Waals surface area (Å²) in [5, 5.41) is 0.694. The van der Waals surface area contributed by atoms with Crippen molar-refractivity contribution in [3.05, 3.63) is 58.9 Å². The highest BCUT2D eigenvalue weighted by Crippen LogP contribution is 2.20. The van der Waals surface area contributed by atoms with Crippen LogP contribution in [-0.2, 0) is 20.2 Å². The van der Waals surface area contributed by atoms with Gasteiger partial charge in [0, 0.05) is 18.6 Å². The number of benzene rings is 2. The Labute approximate surface area is 128 Å². The van der Waals surface area contributed by atoms with Crippen LogP contribution in [0.3, 0.4) is 0 Å². The van der Waals surface area contributed by atoms with Crippen LogP contribution in [0, 0.1) is 0 Å². The predicted molar refractivity (Wildman–Crippen MR) is 84.4 cm³/mol. The number of fused-ring (bicyclic) bond motifs is 1.